The Balaban J connectivity index is 1.67. The Morgan fingerprint density at radius 3 is 2.58 bits per heavy atom. The first-order valence-corrected chi connectivity index (χ1v) is 8.18. The molecule has 1 aromatic rings. The van der Waals surface area contributed by atoms with Crippen molar-refractivity contribution in [2.24, 2.45) is 11.8 Å². The summed E-state index contributed by atoms with van der Waals surface area (Å²) in [6.45, 7) is 3.38. The molecule has 4 unspecified atom stereocenters. The van der Waals surface area contributed by atoms with Gasteiger partial charge in [0.05, 0.1) is 0 Å². The largest absolute Gasteiger partial charge is 0.314 e. The molecule has 1 nitrogen and oxygen atoms in total. The zero-order valence-corrected chi connectivity index (χ0v) is 12.1. The lowest BCUT2D eigenvalue weighted by molar-refractivity contribution is 0.301. The smallest absolute Gasteiger partial charge is 0.00980 e. The van der Waals surface area contributed by atoms with Crippen LogP contribution in [0.5, 0.6) is 0 Å². The molecule has 3 rings (SSSR count). The molecule has 1 N–H and O–H groups in total. The van der Waals surface area contributed by atoms with Gasteiger partial charge >= 0.3 is 0 Å². The first-order chi connectivity index (χ1) is 9.40. The molecule has 0 saturated heterocycles. The second-order valence-electron chi connectivity index (χ2n) is 6.38. The maximum absolute atomic E-state index is 3.77. The van der Waals surface area contributed by atoms with E-state index in [2.05, 4.69) is 42.6 Å². The molecule has 0 bridgehead atoms. The lowest BCUT2D eigenvalue weighted by atomic mass is 9.88. The molecule has 2 aliphatic carbocycles. The van der Waals surface area contributed by atoms with Crippen molar-refractivity contribution in [3.8, 4) is 0 Å². The monoisotopic (exact) mass is 257 g/mol. The Hall–Kier alpha value is -0.820. The van der Waals surface area contributed by atoms with Crippen LogP contribution in [0.15, 0.2) is 30.3 Å². The van der Waals surface area contributed by atoms with Crippen LogP contribution in [0, 0.1) is 11.8 Å². The van der Waals surface area contributed by atoms with Crippen molar-refractivity contribution in [2.75, 3.05) is 6.54 Å². The summed E-state index contributed by atoms with van der Waals surface area (Å²) in [6, 6.07) is 12.0. The number of nitrogens with one attached hydrogen (secondary N) is 1. The van der Waals surface area contributed by atoms with E-state index in [1.807, 2.05) is 0 Å². The van der Waals surface area contributed by atoms with Crippen LogP contribution in [0.3, 0.4) is 0 Å². The molecule has 2 saturated carbocycles. The molecule has 4 atom stereocenters. The summed E-state index contributed by atoms with van der Waals surface area (Å²) in [5.74, 6) is 2.72. The standard InChI is InChI=1S/C18H27N/c1-2-19-18-12-8-4-7-11-15(18)17-13-16(17)14-9-5-3-6-10-14/h3,5-6,9-10,15-19H,2,4,7-8,11-13H2,1H3. The molecular formula is C18H27N. The third-order valence-electron chi connectivity index (χ3n) is 5.15. The molecule has 0 heterocycles. The molecule has 0 radical (unpaired) electrons. The Morgan fingerprint density at radius 2 is 1.79 bits per heavy atom. The van der Waals surface area contributed by atoms with Crippen LogP contribution in [0.4, 0.5) is 0 Å². The predicted octanol–water partition coefficient (Wildman–Crippen LogP) is 4.35. The number of hydrogen-bond acceptors (Lipinski definition) is 1. The molecular weight excluding hydrogens is 230 g/mol. The van der Waals surface area contributed by atoms with Crippen LogP contribution < -0.4 is 5.32 Å². The fourth-order valence-electron chi connectivity index (χ4n) is 4.14. The van der Waals surface area contributed by atoms with E-state index >= 15 is 0 Å². The van der Waals surface area contributed by atoms with Gasteiger partial charge in [0.1, 0.15) is 0 Å². The van der Waals surface area contributed by atoms with Crippen molar-refractivity contribution in [2.45, 2.75) is 57.4 Å². The van der Waals surface area contributed by atoms with Crippen molar-refractivity contribution in [1.29, 1.82) is 0 Å². The SMILES string of the molecule is CCNC1CCCCCC1C1CC1c1ccccc1. The van der Waals surface area contributed by atoms with Gasteiger partial charge in [0.25, 0.3) is 0 Å². The lowest BCUT2D eigenvalue weighted by Gasteiger charge is -2.26. The molecule has 2 fully saturated rings. The zero-order valence-electron chi connectivity index (χ0n) is 12.1. The first kappa shape index (κ1) is 13.2. The normalized spacial score (nSPS) is 34.8. The highest BCUT2D eigenvalue weighted by molar-refractivity contribution is 5.26. The van der Waals surface area contributed by atoms with Gasteiger partial charge in [-0.25, -0.2) is 0 Å². The summed E-state index contributed by atoms with van der Waals surface area (Å²) in [4.78, 5) is 0. The maximum Gasteiger partial charge on any atom is 0.00980 e. The summed E-state index contributed by atoms with van der Waals surface area (Å²) in [5.41, 5.74) is 1.58. The Bertz CT molecular complexity index is 386. The third kappa shape index (κ3) is 3.02. The molecule has 0 amide bonds. The zero-order chi connectivity index (χ0) is 13.1. The summed E-state index contributed by atoms with van der Waals surface area (Å²) >= 11 is 0. The average molecular weight is 257 g/mol. The molecule has 104 valence electrons. The van der Waals surface area contributed by atoms with Gasteiger partial charge in [0, 0.05) is 6.04 Å². The maximum atomic E-state index is 3.77. The van der Waals surface area contributed by atoms with Gasteiger partial charge in [-0.2, -0.15) is 0 Å². The minimum absolute atomic E-state index is 0.784. The molecule has 0 aromatic heterocycles. The summed E-state index contributed by atoms with van der Waals surface area (Å²) in [7, 11) is 0. The van der Waals surface area contributed by atoms with Gasteiger partial charge in [0.15, 0.2) is 0 Å². The van der Waals surface area contributed by atoms with Crippen LogP contribution in [-0.4, -0.2) is 12.6 Å². The predicted molar refractivity (Wildman–Crippen MR) is 81.3 cm³/mol. The van der Waals surface area contributed by atoms with Gasteiger partial charge in [-0.1, -0.05) is 56.5 Å². The van der Waals surface area contributed by atoms with Crippen molar-refractivity contribution < 1.29 is 0 Å². The van der Waals surface area contributed by atoms with Crippen molar-refractivity contribution in [1.82, 2.24) is 5.32 Å². The Kier molecular flexibility index (Phi) is 4.22. The summed E-state index contributed by atoms with van der Waals surface area (Å²) in [5, 5.41) is 3.77. The molecule has 1 aromatic carbocycles. The second-order valence-corrected chi connectivity index (χ2v) is 6.38. The number of benzene rings is 1. The highest BCUT2D eigenvalue weighted by Crippen LogP contribution is 2.54. The van der Waals surface area contributed by atoms with Gasteiger partial charge in [-0.3, -0.25) is 0 Å². The average Bonchev–Trinajstić information content (AvgIpc) is 3.23. The minimum Gasteiger partial charge on any atom is -0.314 e. The summed E-state index contributed by atoms with van der Waals surface area (Å²) in [6.07, 6.45) is 8.60. The van der Waals surface area contributed by atoms with E-state index in [0.29, 0.717) is 0 Å². The van der Waals surface area contributed by atoms with Crippen LogP contribution >= 0.6 is 0 Å². The van der Waals surface area contributed by atoms with E-state index in [-0.39, 0.29) is 0 Å². The van der Waals surface area contributed by atoms with Gasteiger partial charge in [-0.15, -0.1) is 0 Å². The molecule has 19 heavy (non-hydrogen) atoms. The number of hydrogen-bond donors (Lipinski definition) is 1. The van der Waals surface area contributed by atoms with E-state index < -0.39 is 0 Å². The van der Waals surface area contributed by atoms with E-state index in [0.717, 1.165) is 30.3 Å². The molecule has 0 aliphatic heterocycles. The highest BCUT2D eigenvalue weighted by Gasteiger charge is 2.46. The van der Waals surface area contributed by atoms with Gasteiger partial charge < -0.3 is 5.32 Å². The van der Waals surface area contributed by atoms with Gasteiger partial charge in [0.2, 0.25) is 0 Å². The Morgan fingerprint density at radius 1 is 1.00 bits per heavy atom. The van der Waals surface area contributed by atoms with Crippen LogP contribution in [0.2, 0.25) is 0 Å². The summed E-state index contributed by atoms with van der Waals surface area (Å²) < 4.78 is 0. The number of rotatable bonds is 4. The van der Waals surface area contributed by atoms with E-state index in [9.17, 15) is 0 Å². The van der Waals surface area contributed by atoms with Gasteiger partial charge in [-0.05, 0) is 49.1 Å². The topological polar surface area (TPSA) is 12.0 Å². The van der Waals surface area contributed by atoms with E-state index in [1.165, 1.54) is 38.5 Å². The molecule has 2 aliphatic rings. The highest BCUT2D eigenvalue weighted by atomic mass is 14.9. The van der Waals surface area contributed by atoms with E-state index in [1.54, 1.807) is 5.56 Å². The minimum atomic E-state index is 0.784. The molecule has 0 spiro atoms. The van der Waals surface area contributed by atoms with Crippen molar-refractivity contribution in [3.05, 3.63) is 35.9 Å². The van der Waals surface area contributed by atoms with Crippen LogP contribution in [0.25, 0.3) is 0 Å². The lowest BCUT2D eigenvalue weighted by Crippen LogP contribution is -2.36. The first-order valence-electron chi connectivity index (χ1n) is 8.18. The fraction of sp³-hybridized carbons (Fsp3) is 0.667. The molecule has 1 heteroatoms. The third-order valence-corrected chi connectivity index (χ3v) is 5.15. The Labute approximate surface area is 117 Å². The van der Waals surface area contributed by atoms with Crippen molar-refractivity contribution >= 4 is 0 Å². The van der Waals surface area contributed by atoms with Crippen LogP contribution in [0.1, 0.15) is 56.9 Å². The van der Waals surface area contributed by atoms with E-state index in [4.69, 9.17) is 0 Å². The quantitative estimate of drug-likeness (QED) is 0.791. The van der Waals surface area contributed by atoms with Crippen molar-refractivity contribution in [3.63, 3.8) is 0 Å². The second kappa shape index (κ2) is 6.09. The van der Waals surface area contributed by atoms with Crippen LogP contribution in [-0.2, 0) is 0 Å². The fourth-order valence-corrected chi connectivity index (χ4v) is 4.14.